The molecule has 0 saturated heterocycles. The van der Waals surface area contributed by atoms with Crippen LogP contribution < -0.4 is 5.32 Å². The number of halogens is 1. The molecule has 1 aromatic heterocycles. The lowest BCUT2D eigenvalue weighted by Gasteiger charge is -2.21. The highest BCUT2D eigenvalue weighted by atomic mass is 35.5. The predicted molar refractivity (Wildman–Crippen MR) is 73.1 cm³/mol. The van der Waals surface area contributed by atoms with Gasteiger partial charge in [0.05, 0.1) is 9.59 Å². The Labute approximate surface area is 112 Å². The van der Waals surface area contributed by atoms with Crippen molar-refractivity contribution in [3.8, 4) is 0 Å². The van der Waals surface area contributed by atoms with Crippen LogP contribution >= 0.6 is 22.9 Å². The molecule has 98 valence electrons. The van der Waals surface area contributed by atoms with E-state index in [1.807, 2.05) is 6.07 Å². The fourth-order valence-electron chi connectivity index (χ4n) is 1.45. The van der Waals surface area contributed by atoms with Gasteiger partial charge in [-0.2, -0.15) is 4.31 Å². The Morgan fingerprint density at radius 3 is 2.65 bits per heavy atom. The average Bonchev–Trinajstić information content (AvgIpc) is 2.64. The van der Waals surface area contributed by atoms with Gasteiger partial charge in [-0.25, -0.2) is 8.42 Å². The minimum Gasteiger partial charge on any atom is -0.318 e. The summed E-state index contributed by atoms with van der Waals surface area (Å²) in [4.78, 5) is 0.942. The largest absolute Gasteiger partial charge is 0.318 e. The molecule has 7 heteroatoms. The molecule has 17 heavy (non-hydrogen) atoms. The van der Waals surface area contributed by atoms with Gasteiger partial charge in [-0.05, 0) is 26.1 Å². The van der Waals surface area contributed by atoms with Crippen molar-refractivity contribution >= 4 is 33.0 Å². The molecule has 0 radical (unpaired) electrons. The molecular weight excluding hydrogens is 280 g/mol. The lowest BCUT2D eigenvalue weighted by Crippen LogP contribution is -2.38. The molecule has 0 amide bonds. The summed E-state index contributed by atoms with van der Waals surface area (Å²) in [6, 6.07) is 3.63. The third kappa shape index (κ3) is 3.93. The summed E-state index contributed by atoms with van der Waals surface area (Å²) in [5.41, 5.74) is 0. The molecule has 1 aromatic rings. The van der Waals surface area contributed by atoms with E-state index in [2.05, 4.69) is 5.32 Å². The quantitative estimate of drug-likeness (QED) is 0.870. The number of sulfonamides is 1. The highest BCUT2D eigenvalue weighted by molar-refractivity contribution is 7.89. The summed E-state index contributed by atoms with van der Waals surface area (Å²) in [5, 5.41) is 2.43. The molecule has 0 aliphatic carbocycles. The topological polar surface area (TPSA) is 49.4 Å². The van der Waals surface area contributed by atoms with E-state index in [0.717, 1.165) is 4.88 Å². The molecule has 0 fully saturated rings. The third-order valence-electron chi connectivity index (χ3n) is 2.44. The first-order valence-electron chi connectivity index (χ1n) is 5.22. The van der Waals surface area contributed by atoms with E-state index in [1.165, 1.54) is 15.6 Å². The second-order valence-corrected chi connectivity index (χ2v) is 8.13. The molecule has 0 aliphatic heterocycles. The number of nitrogens with zero attached hydrogens (tertiary/aromatic N) is 1. The van der Waals surface area contributed by atoms with Crippen LogP contribution in [0.4, 0.5) is 0 Å². The van der Waals surface area contributed by atoms with E-state index >= 15 is 0 Å². The molecule has 1 atom stereocenters. The Morgan fingerprint density at radius 2 is 2.18 bits per heavy atom. The maximum absolute atomic E-state index is 12.1. The summed E-state index contributed by atoms with van der Waals surface area (Å²) in [7, 11) is 0.0779. The highest BCUT2D eigenvalue weighted by Crippen LogP contribution is 2.23. The van der Waals surface area contributed by atoms with Gasteiger partial charge in [0, 0.05) is 25.0 Å². The van der Waals surface area contributed by atoms with Crippen LogP contribution in [0.2, 0.25) is 4.34 Å². The van der Waals surface area contributed by atoms with E-state index < -0.39 is 15.3 Å². The molecule has 0 aliphatic rings. The summed E-state index contributed by atoms with van der Waals surface area (Å²) < 4.78 is 26.2. The maximum Gasteiger partial charge on any atom is 0.218 e. The number of nitrogens with one attached hydrogen (secondary N) is 1. The van der Waals surface area contributed by atoms with Gasteiger partial charge < -0.3 is 5.32 Å². The number of hydrogen-bond acceptors (Lipinski definition) is 4. The van der Waals surface area contributed by atoms with Gasteiger partial charge in [0.15, 0.2) is 0 Å². The maximum atomic E-state index is 12.1. The molecule has 0 aromatic carbocycles. The van der Waals surface area contributed by atoms with Crippen molar-refractivity contribution in [2.24, 2.45) is 0 Å². The minimum atomic E-state index is -3.26. The van der Waals surface area contributed by atoms with Crippen LogP contribution in [0.5, 0.6) is 0 Å². The second kappa shape index (κ2) is 6.15. The first-order valence-corrected chi connectivity index (χ1v) is 7.91. The van der Waals surface area contributed by atoms with E-state index in [9.17, 15) is 8.42 Å². The van der Waals surface area contributed by atoms with E-state index in [0.29, 0.717) is 17.4 Å². The molecule has 0 bridgehead atoms. The fourth-order valence-corrected chi connectivity index (χ4v) is 3.98. The van der Waals surface area contributed by atoms with Crippen molar-refractivity contribution in [2.75, 3.05) is 20.6 Å². The fraction of sp³-hybridized carbons (Fsp3) is 0.600. The van der Waals surface area contributed by atoms with Crippen LogP contribution in [-0.2, 0) is 16.6 Å². The zero-order valence-corrected chi connectivity index (χ0v) is 12.5. The summed E-state index contributed by atoms with van der Waals surface area (Å²) >= 11 is 7.21. The van der Waals surface area contributed by atoms with Crippen molar-refractivity contribution in [1.29, 1.82) is 0 Å². The smallest absolute Gasteiger partial charge is 0.218 e. The van der Waals surface area contributed by atoms with E-state index in [1.54, 1.807) is 27.1 Å². The summed E-state index contributed by atoms with van der Waals surface area (Å²) in [6.45, 7) is 2.51. The molecule has 0 spiro atoms. The van der Waals surface area contributed by atoms with E-state index in [-0.39, 0.29) is 0 Å². The first kappa shape index (κ1) is 14.9. The average molecular weight is 297 g/mol. The number of rotatable bonds is 6. The van der Waals surface area contributed by atoms with Crippen molar-refractivity contribution < 1.29 is 8.42 Å². The summed E-state index contributed by atoms with van der Waals surface area (Å²) in [6.07, 6.45) is 0. The standard InChI is InChI=1S/C10H17ClN2O2S2/c1-8(6-12-2)17(14,15)13(3)7-9-4-5-10(11)16-9/h4-5,8,12H,6-7H2,1-3H3. The van der Waals surface area contributed by atoms with Crippen LogP contribution in [0.15, 0.2) is 12.1 Å². The zero-order chi connectivity index (χ0) is 13.1. The van der Waals surface area contributed by atoms with Crippen LogP contribution in [0, 0.1) is 0 Å². The molecule has 0 saturated carbocycles. The van der Waals surface area contributed by atoms with Gasteiger partial charge >= 0.3 is 0 Å². The monoisotopic (exact) mass is 296 g/mol. The Balaban J connectivity index is 2.72. The Bertz CT molecular complexity index is 459. The lowest BCUT2D eigenvalue weighted by molar-refractivity contribution is 0.458. The number of hydrogen-bond donors (Lipinski definition) is 1. The van der Waals surface area contributed by atoms with Crippen molar-refractivity contribution in [1.82, 2.24) is 9.62 Å². The predicted octanol–water partition coefficient (Wildman–Crippen LogP) is 1.77. The first-order chi connectivity index (χ1) is 7.87. The lowest BCUT2D eigenvalue weighted by atomic mass is 10.5. The third-order valence-corrected chi connectivity index (χ3v) is 5.84. The Kier molecular flexibility index (Phi) is 5.40. The van der Waals surface area contributed by atoms with Crippen molar-refractivity contribution in [3.05, 3.63) is 21.3 Å². The second-order valence-electron chi connectivity index (χ2n) is 3.88. The van der Waals surface area contributed by atoms with Crippen molar-refractivity contribution in [2.45, 2.75) is 18.7 Å². The molecule has 1 N–H and O–H groups in total. The SMILES string of the molecule is CNCC(C)S(=O)(=O)N(C)Cc1ccc(Cl)s1. The van der Waals surface area contributed by atoms with E-state index in [4.69, 9.17) is 11.6 Å². The highest BCUT2D eigenvalue weighted by Gasteiger charge is 2.25. The van der Waals surface area contributed by atoms with Crippen LogP contribution in [-0.4, -0.2) is 38.6 Å². The molecule has 1 unspecified atom stereocenters. The van der Waals surface area contributed by atoms with Gasteiger partial charge in [-0.15, -0.1) is 11.3 Å². The van der Waals surface area contributed by atoms with Crippen LogP contribution in [0.1, 0.15) is 11.8 Å². The summed E-state index contributed by atoms with van der Waals surface area (Å²) in [5.74, 6) is 0. The van der Waals surface area contributed by atoms with Gasteiger partial charge in [-0.3, -0.25) is 0 Å². The molecule has 4 nitrogen and oxygen atoms in total. The minimum absolute atomic E-state index is 0.369. The Hall–Kier alpha value is -0.140. The molecular formula is C10H17ClN2O2S2. The van der Waals surface area contributed by atoms with Crippen molar-refractivity contribution in [3.63, 3.8) is 0 Å². The normalized spacial score (nSPS) is 14.2. The Morgan fingerprint density at radius 1 is 1.53 bits per heavy atom. The number of thiophene rings is 1. The van der Waals surface area contributed by atoms with Crippen LogP contribution in [0.25, 0.3) is 0 Å². The van der Waals surface area contributed by atoms with Gasteiger partial charge in [0.1, 0.15) is 0 Å². The van der Waals surface area contributed by atoms with Gasteiger partial charge in [-0.1, -0.05) is 11.6 Å². The van der Waals surface area contributed by atoms with Gasteiger partial charge in [0.2, 0.25) is 10.0 Å². The molecule has 1 heterocycles. The van der Waals surface area contributed by atoms with Crippen LogP contribution in [0.3, 0.4) is 0 Å². The van der Waals surface area contributed by atoms with Gasteiger partial charge in [0.25, 0.3) is 0 Å². The zero-order valence-electron chi connectivity index (χ0n) is 10.1. The molecule has 1 rings (SSSR count).